The summed E-state index contributed by atoms with van der Waals surface area (Å²) in [5.41, 5.74) is 2.60. The Balaban J connectivity index is 1.83. The van der Waals surface area contributed by atoms with E-state index < -0.39 is 0 Å². The van der Waals surface area contributed by atoms with Gasteiger partial charge in [-0.15, -0.1) is 0 Å². The van der Waals surface area contributed by atoms with Gasteiger partial charge in [0.05, 0.1) is 6.61 Å². The Kier molecular flexibility index (Phi) is 5.87. The number of guanidine groups is 1. The van der Waals surface area contributed by atoms with Crippen LogP contribution in [0.3, 0.4) is 0 Å². The van der Waals surface area contributed by atoms with Crippen LogP contribution >= 0.6 is 0 Å². The summed E-state index contributed by atoms with van der Waals surface area (Å²) in [7, 11) is 3.50. The number of benzene rings is 1. The van der Waals surface area contributed by atoms with Crippen molar-refractivity contribution in [3.05, 3.63) is 29.8 Å². The van der Waals surface area contributed by atoms with E-state index in [4.69, 9.17) is 4.74 Å². The first kappa shape index (κ1) is 15.6. The molecule has 1 aromatic carbocycles. The van der Waals surface area contributed by atoms with Crippen LogP contribution in [0.25, 0.3) is 0 Å². The molecule has 2 rings (SSSR count). The molecule has 5 heteroatoms. The van der Waals surface area contributed by atoms with E-state index in [0.29, 0.717) is 12.6 Å². The van der Waals surface area contributed by atoms with Crippen LogP contribution in [0.4, 0.5) is 5.69 Å². The summed E-state index contributed by atoms with van der Waals surface area (Å²) < 4.78 is 5.04. The maximum atomic E-state index is 5.04. The van der Waals surface area contributed by atoms with Crippen LogP contribution in [-0.4, -0.2) is 52.4 Å². The van der Waals surface area contributed by atoms with Crippen molar-refractivity contribution in [3.8, 4) is 0 Å². The van der Waals surface area contributed by atoms with E-state index in [2.05, 4.69) is 51.7 Å². The fourth-order valence-electron chi connectivity index (χ4n) is 2.53. The van der Waals surface area contributed by atoms with Crippen LogP contribution in [0.2, 0.25) is 0 Å². The van der Waals surface area contributed by atoms with Crippen molar-refractivity contribution in [2.75, 3.05) is 45.3 Å². The summed E-state index contributed by atoms with van der Waals surface area (Å²) in [5, 5.41) is 6.73. The van der Waals surface area contributed by atoms with E-state index in [1.54, 1.807) is 14.2 Å². The molecule has 1 aliphatic rings. The highest BCUT2D eigenvalue weighted by Crippen LogP contribution is 2.20. The number of hydrogen-bond donors (Lipinski definition) is 2. The Bertz CT molecular complexity index is 458. The van der Waals surface area contributed by atoms with Gasteiger partial charge in [0.25, 0.3) is 0 Å². The van der Waals surface area contributed by atoms with Crippen molar-refractivity contribution in [3.63, 3.8) is 0 Å². The first-order valence-corrected chi connectivity index (χ1v) is 7.50. The van der Waals surface area contributed by atoms with Gasteiger partial charge in [0.15, 0.2) is 5.96 Å². The molecule has 116 valence electrons. The molecule has 0 aliphatic carbocycles. The van der Waals surface area contributed by atoms with Crippen LogP contribution in [-0.2, 0) is 4.74 Å². The van der Waals surface area contributed by atoms with E-state index >= 15 is 0 Å². The smallest absolute Gasteiger partial charge is 0.191 e. The van der Waals surface area contributed by atoms with Crippen molar-refractivity contribution in [1.82, 2.24) is 10.6 Å². The van der Waals surface area contributed by atoms with Crippen LogP contribution in [0.15, 0.2) is 29.3 Å². The van der Waals surface area contributed by atoms with Crippen LogP contribution in [0, 0.1) is 6.92 Å². The number of nitrogens with one attached hydrogen (secondary N) is 2. The van der Waals surface area contributed by atoms with Gasteiger partial charge in [0, 0.05) is 45.5 Å². The zero-order valence-corrected chi connectivity index (χ0v) is 13.2. The van der Waals surface area contributed by atoms with Gasteiger partial charge in [-0.25, -0.2) is 0 Å². The molecule has 0 radical (unpaired) electrons. The number of aryl methyl sites for hydroxylation is 1. The number of ether oxygens (including phenoxy) is 1. The molecule has 0 aromatic heterocycles. The first-order valence-electron chi connectivity index (χ1n) is 7.50. The highest BCUT2D eigenvalue weighted by Gasteiger charge is 2.23. The van der Waals surface area contributed by atoms with Crippen LogP contribution in [0.1, 0.15) is 12.0 Å². The first-order chi connectivity index (χ1) is 10.2. The molecule has 0 spiro atoms. The molecule has 1 unspecified atom stereocenters. The molecule has 1 saturated heterocycles. The molecule has 1 aromatic rings. The number of anilines is 1. The second-order valence-electron chi connectivity index (χ2n) is 5.40. The van der Waals surface area contributed by atoms with E-state index in [1.165, 1.54) is 11.3 Å². The van der Waals surface area contributed by atoms with Gasteiger partial charge < -0.3 is 20.3 Å². The number of nitrogens with zero attached hydrogens (tertiary/aromatic N) is 2. The topological polar surface area (TPSA) is 48.9 Å². The second-order valence-corrected chi connectivity index (χ2v) is 5.40. The largest absolute Gasteiger partial charge is 0.383 e. The number of hydrogen-bond acceptors (Lipinski definition) is 3. The van der Waals surface area contributed by atoms with E-state index in [0.717, 1.165) is 32.0 Å². The van der Waals surface area contributed by atoms with Gasteiger partial charge in [-0.3, -0.25) is 4.99 Å². The van der Waals surface area contributed by atoms with Crippen molar-refractivity contribution in [2.45, 2.75) is 19.4 Å². The third-order valence-electron chi connectivity index (χ3n) is 3.75. The summed E-state index contributed by atoms with van der Waals surface area (Å²) in [6, 6.07) is 9.16. The fourth-order valence-corrected chi connectivity index (χ4v) is 2.53. The predicted molar refractivity (Wildman–Crippen MR) is 88.2 cm³/mol. The quantitative estimate of drug-likeness (QED) is 0.489. The third kappa shape index (κ3) is 4.63. The molecule has 21 heavy (non-hydrogen) atoms. The monoisotopic (exact) mass is 290 g/mol. The van der Waals surface area contributed by atoms with Gasteiger partial charge in [0.2, 0.25) is 0 Å². The highest BCUT2D eigenvalue weighted by molar-refractivity contribution is 5.80. The zero-order valence-electron chi connectivity index (χ0n) is 13.2. The van der Waals surface area contributed by atoms with Crippen molar-refractivity contribution in [1.29, 1.82) is 0 Å². The van der Waals surface area contributed by atoms with Crippen molar-refractivity contribution >= 4 is 11.6 Å². The standard InChI is InChI=1S/C16H26N4O/c1-13-4-6-15(7-5-13)20-10-8-14(12-20)19-16(17-2)18-9-11-21-3/h4-7,14H,8-12H2,1-3H3,(H2,17,18,19). The van der Waals surface area contributed by atoms with E-state index in [-0.39, 0.29) is 0 Å². The maximum absolute atomic E-state index is 5.04. The molecule has 5 nitrogen and oxygen atoms in total. The lowest BCUT2D eigenvalue weighted by Crippen LogP contribution is -2.45. The molecule has 1 fully saturated rings. The van der Waals surface area contributed by atoms with Gasteiger partial charge in [-0.1, -0.05) is 17.7 Å². The molecule has 1 atom stereocenters. The Morgan fingerprint density at radius 3 is 2.81 bits per heavy atom. The number of aliphatic imine (C=N–C) groups is 1. The maximum Gasteiger partial charge on any atom is 0.191 e. The predicted octanol–water partition coefficient (Wildman–Crippen LogP) is 1.39. The molecule has 2 N–H and O–H groups in total. The van der Waals surface area contributed by atoms with Gasteiger partial charge in [0.1, 0.15) is 0 Å². The molecular formula is C16H26N4O. The van der Waals surface area contributed by atoms with Crippen LogP contribution in [0.5, 0.6) is 0 Å². The Hall–Kier alpha value is -1.75. The summed E-state index contributed by atoms with van der Waals surface area (Å²) in [4.78, 5) is 6.67. The summed E-state index contributed by atoms with van der Waals surface area (Å²) in [6.45, 7) is 5.66. The molecule has 0 amide bonds. The molecule has 1 aliphatic heterocycles. The average Bonchev–Trinajstić information content (AvgIpc) is 2.95. The molecular weight excluding hydrogens is 264 g/mol. The second kappa shape index (κ2) is 7.88. The number of rotatable bonds is 5. The van der Waals surface area contributed by atoms with Crippen molar-refractivity contribution < 1.29 is 4.74 Å². The lowest BCUT2D eigenvalue weighted by Gasteiger charge is -2.20. The Labute approximate surface area is 127 Å². The average molecular weight is 290 g/mol. The molecule has 0 bridgehead atoms. The van der Waals surface area contributed by atoms with E-state index in [9.17, 15) is 0 Å². The SMILES string of the molecule is CN=C(NCCOC)NC1CCN(c2ccc(C)cc2)C1. The summed E-state index contributed by atoms with van der Waals surface area (Å²) >= 11 is 0. The van der Waals surface area contributed by atoms with Crippen LogP contribution < -0.4 is 15.5 Å². The highest BCUT2D eigenvalue weighted by atomic mass is 16.5. The fraction of sp³-hybridized carbons (Fsp3) is 0.562. The van der Waals surface area contributed by atoms with Gasteiger partial charge in [-0.05, 0) is 25.5 Å². The molecule has 0 saturated carbocycles. The lowest BCUT2D eigenvalue weighted by atomic mass is 10.2. The minimum Gasteiger partial charge on any atom is -0.383 e. The summed E-state index contributed by atoms with van der Waals surface area (Å²) in [6.07, 6.45) is 1.12. The summed E-state index contributed by atoms with van der Waals surface area (Å²) in [5.74, 6) is 0.850. The van der Waals surface area contributed by atoms with E-state index in [1.807, 2.05) is 0 Å². The third-order valence-corrected chi connectivity index (χ3v) is 3.75. The van der Waals surface area contributed by atoms with Gasteiger partial charge in [-0.2, -0.15) is 0 Å². The minimum absolute atomic E-state index is 0.431. The van der Waals surface area contributed by atoms with Crippen molar-refractivity contribution in [2.24, 2.45) is 4.99 Å². The Morgan fingerprint density at radius 2 is 2.14 bits per heavy atom. The van der Waals surface area contributed by atoms with Gasteiger partial charge >= 0.3 is 0 Å². The normalized spacial score (nSPS) is 18.9. The minimum atomic E-state index is 0.431. The molecule has 1 heterocycles. The zero-order chi connectivity index (χ0) is 15.1. The Morgan fingerprint density at radius 1 is 1.38 bits per heavy atom. The number of methoxy groups -OCH3 is 1. The lowest BCUT2D eigenvalue weighted by molar-refractivity contribution is 0.203.